The van der Waals surface area contributed by atoms with Gasteiger partial charge in [0.15, 0.2) is 0 Å². The summed E-state index contributed by atoms with van der Waals surface area (Å²) in [5.41, 5.74) is 1.26. The van der Waals surface area contributed by atoms with Crippen molar-refractivity contribution >= 4 is 0 Å². The van der Waals surface area contributed by atoms with Crippen molar-refractivity contribution in [3.63, 3.8) is 0 Å². The zero-order valence-corrected chi connectivity index (χ0v) is 11.0. The molecule has 0 spiro atoms. The van der Waals surface area contributed by atoms with Crippen molar-refractivity contribution in [3.8, 4) is 5.75 Å². The molecule has 0 radical (unpaired) electrons. The van der Waals surface area contributed by atoms with Crippen molar-refractivity contribution < 1.29 is 10.2 Å². The summed E-state index contributed by atoms with van der Waals surface area (Å²) >= 11 is 0. The minimum absolute atomic E-state index is 0.314. The van der Waals surface area contributed by atoms with Gasteiger partial charge in [0.05, 0.1) is 0 Å². The maximum atomic E-state index is 9.35. The fraction of sp³-hybridized carbons (Fsp3) is 0.600. The van der Waals surface area contributed by atoms with Crippen molar-refractivity contribution in [2.45, 2.75) is 19.8 Å². The van der Waals surface area contributed by atoms with Crippen molar-refractivity contribution in [2.75, 3.05) is 26.2 Å². The number of aliphatic hydroxyl groups excluding tert-OH is 1. The highest BCUT2D eigenvalue weighted by Crippen LogP contribution is 2.25. The molecule has 0 aliphatic carbocycles. The second-order valence-corrected chi connectivity index (χ2v) is 5.29. The summed E-state index contributed by atoms with van der Waals surface area (Å²) in [5, 5.41) is 18.6. The standard InChI is InChI=1S/C15H23NO2/c1-2-13-9-16(10-14(13)11-17)8-7-12-3-5-15(18)6-4-12/h3-6,13-14,17-18H,2,7-11H2,1H3/t13-,14-/m1/s1. The second kappa shape index (κ2) is 6.21. The molecule has 2 N–H and O–H groups in total. The lowest BCUT2D eigenvalue weighted by Gasteiger charge is -2.15. The van der Waals surface area contributed by atoms with E-state index in [0.717, 1.165) is 32.5 Å². The van der Waals surface area contributed by atoms with E-state index in [2.05, 4.69) is 11.8 Å². The number of aliphatic hydroxyl groups is 1. The van der Waals surface area contributed by atoms with E-state index in [1.165, 1.54) is 5.56 Å². The van der Waals surface area contributed by atoms with Crippen LogP contribution in [0.15, 0.2) is 24.3 Å². The molecule has 0 saturated carbocycles. The monoisotopic (exact) mass is 249 g/mol. The van der Waals surface area contributed by atoms with Gasteiger partial charge in [-0.15, -0.1) is 0 Å². The van der Waals surface area contributed by atoms with Crippen LogP contribution >= 0.6 is 0 Å². The molecule has 1 aromatic carbocycles. The van der Waals surface area contributed by atoms with Crippen LogP contribution in [0.5, 0.6) is 5.75 Å². The Balaban J connectivity index is 1.82. The first-order valence-electron chi connectivity index (χ1n) is 6.84. The molecule has 1 heterocycles. The lowest BCUT2D eigenvalue weighted by Crippen LogP contribution is -2.24. The Bertz CT molecular complexity index is 351. The van der Waals surface area contributed by atoms with Crippen molar-refractivity contribution in [1.82, 2.24) is 4.90 Å². The van der Waals surface area contributed by atoms with E-state index >= 15 is 0 Å². The second-order valence-electron chi connectivity index (χ2n) is 5.29. The highest BCUT2D eigenvalue weighted by atomic mass is 16.3. The van der Waals surface area contributed by atoms with Crippen LogP contribution in [0.25, 0.3) is 0 Å². The molecule has 18 heavy (non-hydrogen) atoms. The van der Waals surface area contributed by atoms with Gasteiger partial charge >= 0.3 is 0 Å². The first-order chi connectivity index (χ1) is 8.72. The van der Waals surface area contributed by atoms with E-state index < -0.39 is 0 Å². The Labute approximate surface area is 109 Å². The zero-order valence-electron chi connectivity index (χ0n) is 11.0. The molecule has 2 rings (SSSR count). The maximum Gasteiger partial charge on any atom is 0.115 e. The molecule has 0 bridgehead atoms. The average Bonchev–Trinajstić information content (AvgIpc) is 2.80. The summed E-state index contributed by atoms with van der Waals surface area (Å²) in [4.78, 5) is 2.45. The fourth-order valence-corrected chi connectivity index (χ4v) is 2.84. The van der Waals surface area contributed by atoms with Crippen LogP contribution in [-0.2, 0) is 6.42 Å². The molecule has 0 unspecified atom stereocenters. The molecule has 0 aromatic heterocycles. The molecule has 0 amide bonds. The molecule has 1 aliphatic heterocycles. The fourth-order valence-electron chi connectivity index (χ4n) is 2.84. The van der Waals surface area contributed by atoms with E-state index in [1.807, 2.05) is 12.1 Å². The van der Waals surface area contributed by atoms with Crippen molar-refractivity contribution in [3.05, 3.63) is 29.8 Å². The van der Waals surface area contributed by atoms with Gasteiger partial charge in [-0.25, -0.2) is 0 Å². The van der Waals surface area contributed by atoms with Crippen LogP contribution in [0.4, 0.5) is 0 Å². The van der Waals surface area contributed by atoms with Crippen LogP contribution in [-0.4, -0.2) is 41.4 Å². The summed E-state index contributed by atoms with van der Waals surface area (Å²) in [7, 11) is 0. The van der Waals surface area contributed by atoms with Crippen LogP contribution in [0.3, 0.4) is 0 Å². The molecule has 2 atom stereocenters. The molecule has 1 saturated heterocycles. The summed E-state index contributed by atoms with van der Waals surface area (Å²) in [5.74, 6) is 1.43. The normalized spacial score (nSPS) is 24.6. The van der Waals surface area contributed by atoms with Crippen LogP contribution in [0.1, 0.15) is 18.9 Å². The first-order valence-corrected chi connectivity index (χ1v) is 6.84. The Kier molecular flexibility index (Phi) is 4.61. The van der Waals surface area contributed by atoms with E-state index in [9.17, 15) is 10.2 Å². The summed E-state index contributed by atoms with van der Waals surface area (Å²) < 4.78 is 0. The Morgan fingerprint density at radius 1 is 1.17 bits per heavy atom. The number of phenolic OH excluding ortho intramolecular Hbond substituents is 1. The van der Waals surface area contributed by atoms with Crippen LogP contribution in [0.2, 0.25) is 0 Å². The minimum Gasteiger partial charge on any atom is -0.508 e. The molecule has 1 fully saturated rings. The van der Waals surface area contributed by atoms with Gasteiger partial charge in [0.1, 0.15) is 5.75 Å². The number of hydrogen-bond acceptors (Lipinski definition) is 3. The van der Waals surface area contributed by atoms with Gasteiger partial charge in [0.25, 0.3) is 0 Å². The molecule has 100 valence electrons. The number of rotatable bonds is 5. The van der Waals surface area contributed by atoms with Crippen molar-refractivity contribution in [1.29, 1.82) is 0 Å². The SMILES string of the molecule is CC[C@@H]1CN(CCc2ccc(O)cc2)C[C@@H]1CO. The lowest BCUT2D eigenvalue weighted by molar-refractivity contribution is 0.199. The first kappa shape index (κ1) is 13.4. The third-order valence-electron chi connectivity index (χ3n) is 4.06. The molecule has 1 aliphatic rings. The number of benzene rings is 1. The minimum atomic E-state index is 0.314. The quantitative estimate of drug-likeness (QED) is 0.837. The molecule has 1 aromatic rings. The summed E-state index contributed by atoms with van der Waals surface area (Å²) in [6.07, 6.45) is 2.16. The van der Waals surface area contributed by atoms with Gasteiger partial charge in [0.2, 0.25) is 0 Å². The van der Waals surface area contributed by atoms with Gasteiger partial charge in [-0.1, -0.05) is 25.5 Å². The molecular formula is C15H23NO2. The third kappa shape index (κ3) is 3.24. The molecule has 3 nitrogen and oxygen atoms in total. The third-order valence-corrected chi connectivity index (χ3v) is 4.06. The average molecular weight is 249 g/mol. The zero-order chi connectivity index (χ0) is 13.0. The smallest absolute Gasteiger partial charge is 0.115 e. The van der Waals surface area contributed by atoms with Crippen LogP contribution < -0.4 is 0 Å². The van der Waals surface area contributed by atoms with Gasteiger partial charge in [0, 0.05) is 26.2 Å². The highest BCUT2D eigenvalue weighted by molar-refractivity contribution is 5.26. The maximum absolute atomic E-state index is 9.35. The van der Waals surface area contributed by atoms with E-state index in [-0.39, 0.29) is 0 Å². The Morgan fingerprint density at radius 3 is 2.39 bits per heavy atom. The van der Waals surface area contributed by atoms with E-state index in [4.69, 9.17) is 0 Å². The Morgan fingerprint density at radius 2 is 1.83 bits per heavy atom. The van der Waals surface area contributed by atoms with Gasteiger partial charge in [-0.05, 0) is 36.0 Å². The predicted molar refractivity (Wildman–Crippen MR) is 72.6 cm³/mol. The Hall–Kier alpha value is -1.06. The summed E-state index contributed by atoms with van der Waals surface area (Å²) in [6, 6.07) is 7.44. The summed E-state index contributed by atoms with van der Waals surface area (Å²) in [6.45, 7) is 5.69. The number of nitrogens with zero attached hydrogens (tertiary/aromatic N) is 1. The molecular weight excluding hydrogens is 226 g/mol. The topological polar surface area (TPSA) is 43.7 Å². The predicted octanol–water partition coefficient (Wildman–Crippen LogP) is 1.89. The van der Waals surface area contributed by atoms with Crippen molar-refractivity contribution in [2.24, 2.45) is 11.8 Å². The number of likely N-dealkylation sites (tertiary alicyclic amines) is 1. The largest absolute Gasteiger partial charge is 0.508 e. The van der Waals surface area contributed by atoms with Gasteiger partial charge in [-0.2, -0.15) is 0 Å². The van der Waals surface area contributed by atoms with E-state index in [0.29, 0.717) is 24.2 Å². The van der Waals surface area contributed by atoms with Gasteiger partial charge in [-0.3, -0.25) is 0 Å². The molecule has 3 heteroatoms. The highest BCUT2D eigenvalue weighted by Gasteiger charge is 2.30. The van der Waals surface area contributed by atoms with E-state index in [1.54, 1.807) is 12.1 Å². The van der Waals surface area contributed by atoms with Crippen LogP contribution in [0, 0.1) is 11.8 Å². The lowest BCUT2D eigenvalue weighted by atomic mass is 9.95. The number of aromatic hydroxyl groups is 1. The van der Waals surface area contributed by atoms with Gasteiger partial charge < -0.3 is 15.1 Å². The number of hydrogen-bond donors (Lipinski definition) is 2. The number of phenols is 1.